The standard InChI is InChI=1S/C21H15BrN4O5/c22-16-5-1-13(2-6-16)20(28)24-17-7-3-14(4-8-17)21(29)25-23-12-15-11-18(26(30)31)9-10-19(15)27/h1-12,27H,(H,24,28)(H,25,29)/b23-12+. The largest absolute Gasteiger partial charge is 0.507 e. The van der Waals surface area contributed by atoms with Gasteiger partial charge in [0.15, 0.2) is 0 Å². The van der Waals surface area contributed by atoms with E-state index in [2.05, 4.69) is 31.8 Å². The number of nitrogens with one attached hydrogen (secondary N) is 2. The molecule has 31 heavy (non-hydrogen) atoms. The van der Waals surface area contributed by atoms with Crippen molar-refractivity contribution in [3.8, 4) is 5.75 Å². The molecule has 156 valence electrons. The maximum Gasteiger partial charge on any atom is 0.271 e. The van der Waals surface area contributed by atoms with Crippen LogP contribution in [0.2, 0.25) is 0 Å². The molecule has 0 aliphatic rings. The van der Waals surface area contributed by atoms with Crippen molar-refractivity contribution in [1.82, 2.24) is 5.43 Å². The van der Waals surface area contributed by atoms with Gasteiger partial charge in [0, 0.05) is 39.0 Å². The summed E-state index contributed by atoms with van der Waals surface area (Å²) in [5.74, 6) is -1.03. The zero-order chi connectivity index (χ0) is 22.4. The number of benzene rings is 3. The van der Waals surface area contributed by atoms with E-state index in [1.54, 1.807) is 36.4 Å². The number of phenolic OH excluding ortho intramolecular Hbond substituents is 1. The molecule has 3 rings (SSSR count). The molecule has 0 saturated carbocycles. The summed E-state index contributed by atoms with van der Waals surface area (Å²) in [6.07, 6.45) is 1.10. The number of amides is 2. The maximum absolute atomic E-state index is 12.2. The minimum absolute atomic E-state index is 0.0838. The number of carbonyl (C=O) groups excluding carboxylic acids is 2. The first-order valence-electron chi connectivity index (χ1n) is 8.81. The van der Waals surface area contributed by atoms with Crippen molar-refractivity contribution in [1.29, 1.82) is 0 Å². The molecular weight excluding hydrogens is 468 g/mol. The molecule has 0 aliphatic carbocycles. The van der Waals surface area contributed by atoms with E-state index < -0.39 is 10.8 Å². The third-order valence-corrected chi connectivity index (χ3v) is 4.63. The van der Waals surface area contributed by atoms with Crippen molar-refractivity contribution >= 4 is 45.3 Å². The van der Waals surface area contributed by atoms with E-state index in [1.807, 2.05) is 0 Å². The zero-order valence-corrected chi connectivity index (χ0v) is 17.4. The van der Waals surface area contributed by atoms with Crippen LogP contribution in [0.4, 0.5) is 11.4 Å². The van der Waals surface area contributed by atoms with Crippen LogP contribution in [0.15, 0.2) is 76.3 Å². The lowest BCUT2D eigenvalue weighted by Gasteiger charge is -2.06. The summed E-state index contributed by atoms with van der Waals surface area (Å²) in [5, 5.41) is 27.0. The molecule has 3 aromatic carbocycles. The monoisotopic (exact) mass is 482 g/mol. The highest BCUT2D eigenvalue weighted by atomic mass is 79.9. The van der Waals surface area contributed by atoms with Crippen LogP contribution in [-0.2, 0) is 0 Å². The number of halogens is 1. The van der Waals surface area contributed by atoms with E-state index in [0.29, 0.717) is 11.3 Å². The topological polar surface area (TPSA) is 134 Å². The summed E-state index contributed by atoms with van der Waals surface area (Å²) in [6, 6.07) is 16.5. The molecule has 2 amide bonds. The van der Waals surface area contributed by atoms with Gasteiger partial charge < -0.3 is 10.4 Å². The number of anilines is 1. The summed E-state index contributed by atoms with van der Waals surface area (Å²) in [5.41, 5.74) is 3.42. The fourth-order valence-corrected chi connectivity index (χ4v) is 2.76. The molecule has 0 spiro atoms. The Hall–Kier alpha value is -4.05. The highest BCUT2D eigenvalue weighted by Crippen LogP contribution is 2.21. The smallest absolute Gasteiger partial charge is 0.271 e. The molecule has 0 bridgehead atoms. The first-order valence-corrected chi connectivity index (χ1v) is 9.60. The van der Waals surface area contributed by atoms with Crippen LogP contribution in [0.3, 0.4) is 0 Å². The molecule has 0 saturated heterocycles. The van der Waals surface area contributed by atoms with Gasteiger partial charge in [-0.05, 0) is 54.6 Å². The normalized spacial score (nSPS) is 10.6. The lowest BCUT2D eigenvalue weighted by molar-refractivity contribution is -0.384. The number of rotatable bonds is 6. The Morgan fingerprint density at radius 3 is 2.23 bits per heavy atom. The van der Waals surface area contributed by atoms with Crippen LogP contribution in [0.1, 0.15) is 26.3 Å². The van der Waals surface area contributed by atoms with Gasteiger partial charge in [-0.2, -0.15) is 5.10 Å². The van der Waals surface area contributed by atoms with Gasteiger partial charge >= 0.3 is 0 Å². The highest BCUT2D eigenvalue weighted by molar-refractivity contribution is 9.10. The molecule has 0 heterocycles. The lowest BCUT2D eigenvalue weighted by atomic mass is 10.1. The predicted molar refractivity (Wildman–Crippen MR) is 118 cm³/mol. The third-order valence-electron chi connectivity index (χ3n) is 4.10. The van der Waals surface area contributed by atoms with Gasteiger partial charge in [-0.1, -0.05) is 15.9 Å². The van der Waals surface area contributed by atoms with E-state index in [-0.39, 0.29) is 28.5 Å². The number of nitrogens with zero attached hydrogens (tertiary/aromatic N) is 2. The number of non-ortho nitro benzene ring substituents is 1. The molecule has 0 aromatic heterocycles. The van der Waals surface area contributed by atoms with Crippen LogP contribution in [0.5, 0.6) is 5.75 Å². The number of hydrogen-bond donors (Lipinski definition) is 3. The molecule has 0 fully saturated rings. The van der Waals surface area contributed by atoms with Crippen molar-refractivity contribution in [3.63, 3.8) is 0 Å². The van der Waals surface area contributed by atoms with E-state index in [4.69, 9.17) is 0 Å². The molecule has 10 heteroatoms. The summed E-state index contributed by atoms with van der Waals surface area (Å²) in [6.45, 7) is 0. The Morgan fingerprint density at radius 1 is 0.968 bits per heavy atom. The summed E-state index contributed by atoms with van der Waals surface area (Å²) < 4.78 is 0.864. The third kappa shape index (κ3) is 5.73. The number of carbonyl (C=O) groups is 2. The molecule has 0 aliphatic heterocycles. The summed E-state index contributed by atoms with van der Waals surface area (Å²) >= 11 is 3.31. The van der Waals surface area contributed by atoms with E-state index in [0.717, 1.165) is 22.8 Å². The lowest BCUT2D eigenvalue weighted by Crippen LogP contribution is -2.18. The average Bonchev–Trinajstić information content (AvgIpc) is 2.75. The average molecular weight is 483 g/mol. The summed E-state index contributed by atoms with van der Waals surface area (Å²) in [7, 11) is 0. The van der Waals surface area contributed by atoms with Gasteiger partial charge in [0.1, 0.15) is 5.75 Å². The first kappa shape index (κ1) is 21.7. The van der Waals surface area contributed by atoms with Crippen molar-refractivity contribution in [2.24, 2.45) is 5.10 Å². The Morgan fingerprint density at radius 2 is 1.58 bits per heavy atom. The van der Waals surface area contributed by atoms with E-state index >= 15 is 0 Å². The van der Waals surface area contributed by atoms with Gasteiger partial charge in [0.05, 0.1) is 11.1 Å². The second-order valence-electron chi connectivity index (χ2n) is 6.24. The number of phenols is 1. The van der Waals surface area contributed by atoms with E-state index in [1.165, 1.54) is 18.2 Å². The van der Waals surface area contributed by atoms with Crippen LogP contribution in [-0.4, -0.2) is 28.1 Å². The molecule has 0 radical (unpaired) electrons. The van der Waals surface area contributed by atoms with Gasteiger partial charge in [0.25, 0.3) is 17.5 Å². The second-order valence-corrected chi connectivity index (χ2v) is 7.15. The van der Waals surface area contributed by atoms with Gasteiger partial charge in [-0.3, -0.25) is 19.7 Å². The van der Waals surface area contributed by atoms with Crippen LogP contribution in [0, 0.1) is 10.1 Å². The molecule has 3 N–H and O–H groups in total. The first-order chi connectivity index (χ1) is 14.8. The highest BCUT2D eigenvalue weighted by Gasteiger charge is 2.10. The Kier molecular flexibility index (Phi) is 6.73. The molecule has 3 aromatic rings. The van der Waals surface area contributed by atoms with Gasteiger partial charge in [0.2, 0.25) is 0 Å². The van der Waals surface area contributed by atoms with Gasteiger partial charge in [-0.25, -0.2) is 5.43 Å². The minimum Gasteiger partial charge on any atom is -0.507 e. The fourth-order valence-electron chi connectivity index (χ4n) is 2.49. The number of aromatic hydroxyl groups is 1. The quantitative estimate of drug-likeness (QED) is 0.276. The number of hydrazone groups is 1. The van der Waals surface area contributed by atoms with Crippen molar-refractivity contribution in [2.75, 3.05) is 5.32 Å². The van der Waals surface area contributed by atoms with Gasteiger partial charge in [-0.15, -0.1) is 0 Å². The van der Waals surface area contributed by atoms with Crippen molar-refractivity contribution in [3.05, 3.63) is 98.0 Å². The zero-order valence-electron chi connectivity index (χ0n) is 15.8. The Labute approximate surface area is 184 Å². The second kappa shape index (κ2) is 9.63. The number of nitro benzene ring substituents is 1. The molecule has 0 unspecified atom stereocenters. The number of nitro groups is 1. The van der Waals surface area contributed by atoms with Crippen molar-refractivity contribution in [2.45, 2.75) is 0 Å². The maximum atomic E-state index is 12.2. The Balaban J connectivity index is 1.61. The summed E-state index contributed by atoms with van der Waals surface area (Å²) in [4.78, 5) is 34.6. The van der Waals surface area contributed by atoms with Crippen LogP contribution in [0.25, 0.3) is 0 Å². The van der Waals surface area contributed by atoms with E-state index in [9.17, 15) is 24.8 Å². The Bertz CT molecular complexity index is 1160. The van der Waals surface area contributed by atoms with Crippen molar-refractivity contribution < 1.29 is 19.6 Å². The van der Waals surface area contributed by atoms with Crippen LogP contribution < -0.4 is 10.7 Å². The fraction of sp³-hybridized carbons (Fsp3) is 0. The van der Waals surface area contributed by atoms with Crippen LogP contribution >= 0.6 is 15.9 Å². The molecular formula is C21H15BrN4O5. The molecule has 0 atom stereocenters. The SMILES string of the molecule is O=C(N/N=C/c1cc([N+](=O)[O-])ccc1O)c1ccc(NC(=O)c2ccc(Br)cc2)cc1. The molecule has 9 nitrogen and oxygen atoms in total. The predicted octanol–water partition coefficient (Wildman–Crippen LogP) is 4.08. The minimum atomic E-state index is -0.605. The number of hydrogen-bond acceptors (Lipinski definition) is 6.